The Kier molecular flexibility index (Phi) is 2.55. The molecule has 100 valence electrons. The van der Waals surface area contributed by atoms with E-state index in [4.69, 9.17) is 11.6 Å². The summed E-state index contributed by atoms with van der Waals surface area (Å²) in [4.78, 5) is 8.61. The SMILES string of the molecule is CC1(C)C(Nc2nc(Cl)nc3ccccc23)C1(C)C. The Hall–Kier alpha value is -1.35. The maximum atomic E-state index is 6.01. The van der Waals surface area contributed by atoms with Gasteiger partial charge in [0.1, 0.15) is 5.82 Å². The number of nitrogens with zero attached hydrogens (tertiary/aromatic N) is 2. The predicted molar refractivity (Wildman–Crippen MR) is 79.5 cm³/mol. The van der Waals surface area contributed by atoms with Crippen molar-refractivity contribution in [2.45, 2.75) is 33.7 Å². The first-order chi connectivity index (χ1) is 8.84. The largest absolute Gasteiger partial charge is 0.366 e. The van der Waals surface area contributed by atoms with E-state index in [0.717, 1.165) is 16.7 Å². The Morgan fingerprint density at radius 2 is 1.68 bits per heavy atom. The van der Waals surface area contributed by atoms with Crippen LogP contribution in [0.1, 0.15) is 27.7 Å². The first kappa shape index (κ1) is 12.7. The van der Waals surface area contributed by atoms with Gasteiger partial charge in [0.15, 0.2) is 0 Å². The van der Waals surface area contributed by atoms with Crippen molar-refractivity contribution in [1.29, 1.82) is 0 Å². The standard InChI is InChI=1S/C15H18ClN3/c1-14(2)12(15(14,3)4)18-11-9-7-5-6-8-10(9)17-13(16)19-11/h5-8,12H,1-4H3,(H,17,18,19). The molecule has 0 saturated heterocycles. The van der Waals surface area contributed by atoms with Crippen molar-refractivity contribution in [3.8, 4) is 0 Å². The van der Waals surface area contributed by atoms with Gasteiger partial charge in [-0.15, -0.1) is 0 Å². The molecule has 2 aromatic rings. The third-order valence-corrected chi connectivity index (χ3v) is 5.05. The lowest BCUT2D eigenvalue weighted by molar-refractivity contribution is 0.457. The second kappa shape index (κ2) is 3.83. The maximum Gasteiger partial charge on any atom is 0.224 e. The van der Waals surface area contributed by atoms with Crippen molar-refractivity contribution < 1.29 is 0 Å². The highest BCUT2D eigenvalue weighted by atomic mass is 35.5. The van der Waals surface area contributed by atoms with Gasteiger partial charge in [0.05, 0.1) is 5.52 Å². The summed E-state index contributed by atoms with van der Waals surface area (Å²) in [6.07, 6.45) is 0. The van der Waals surface area contributed by atoms with Gasteiger partial charge in [-0.3, -0.25) is 0 Å². The van der Waals surface area contributed by atoms with Crippen LogP contribution in [0.25, 0.3) is 10.9 Å². The summed E-state index contributed by atoms with van der Waals surface area (Å²) in [6.45, 7) is 9.09. The fourth-order valence-electron chi connectivity index (χ4n) is 2.85. The highest BCUT2D eigenvalue weighted by Gasteiger charge is 2.65. The van der Waals surface area contributed by atoms with E-state index in [1.807, 2.05) is 24.3 Å². The summed E-state index contributed by atoms with van der Waals surface area (Å²) < 4.78 is 0. The number of fused-ring (bicyclic) bond motifs is 1. The van der Waals surface area contributed by atoms with Crippen molar-refractivity contribution in [2.75, 3.05) is 5.32 Å². The molecule has 0 amide bonds. The summed E-state index contributed by atoms with van der Waals surface area (Å²) in [7, 11) is 0. The highest BCUT2D eigenvalue weighted by Crippen LogP contribution is 2.63. The number of halogens is 1. The van der Waals surface area contributed by atoms with Crippen molar-refractivity contribution in [3.63, 3.8) is 0 Å². The third-order valence-electron chi connectivity index (χ3n) is 4.88. The van der Waals surface area contributed by atoms with Gasteiger partial charge in [-0.2, -0.15) is 0 Å². The zero-order valence-corrected chi connectivity index (χ0v) is 12.4. The smallest absolute Gasteiger partial charge is 0.224 e. The fourth-order valence-corrected chi connectivity index (χ4v) is 3.03. The average Bonchev–Trinajstić information content (AvgIpc) is 2.71. The van der Waals surface area contributed by atoms with Gasteiger partial charge in [-0.1, -0.05) is 39.8 Å². The molecule has 0 unspecified atom stereocenters. The number of aromatic nitrogens is 2. The highest BCUT2D eigenvalue weighted by molar-refractivity contribution is 6.28. The Bertz CT molecular complexity index is 635. The second-order valence-corrected chi connectivity index (χ2v) is 6.72. The van der Waals surface area contributed by atoms with Gasteiger partial charge >= 0.3 is 0 Å². The molecule has 0 aliphatic heterocycles. The second-order valence-electron chi connectivity index (χ2n) is 6.38. The maximum absolute atomic E-state index is 6.01. The first-order valence-corrected chi connectivity index (χ1v) is 6.90. The Morgan fingerprint density at radius 1 is 1.05 bits per heavy atom. The number of anilines is 1. The van der Waals surface area contributed by atoms with Gasteiger partial charge in [0.2, 0.25) is 5.28 Å². The minimum atomic E-state index is 0.255. The summed E-state index contributed by atoms with van der Waals surface area (Å²) in [5, 5.41) is 4.85. The lowest BCUT2D eigenvalue weighted by Gasteiger charge is -2.10. The summed E-state index contributed by atoms with van der Waals surface area (Å²) in [5.74, 6) is 0.833. The topological polar surface area (TPSA) is 37.8 Å². The molecule has 3 nitrogen and oxygen atoms in total. The molecule has 1 saturated carbocycles. The number of rotatable bonds is 2. The van der Waals surface area contributed by atoms with Crippen molar-refractivity contribution in [2.24, 2.45) is 10.8 Å². The minimum absolute atomic E-state index is 0.255. The normalized spacial score (nSPS) is 20.5. The van der Waals surface area contributed by atoms with Crippen molar-refractivity contribution >= 4 is 28.3 Å². The predicted octanol–water partition coefficient (Wildman–Crippen LogP) is 4.13. The molecule has 0 spiro atoms. The molecule has 1 N–H and O–H groups in total. The Balaban J connectivity index is 2.03. The monoisotopic (exact) mass is 275 g/mol. The number of hydrogen-bond donors (Lipinski definition) is 1. The fraction of sp³-hybridized carbons (Fsp3) is 0.467. The molecule has 1 aromatic carbocycles. The molecule has 1 aliphatic carbocycles. The third kappa shape index (κ3) is 1.79. The minimum Gasteiger partial charge on any atom is -0.366 e. The number of hydrogen-bond acceptors (Lipinski definition) is 3. The van der Waals surface area contributed by atoms with Crippen LogP contribution in [0, 0.1) is 10.8 Å². The number of nitrogens with one attached hydrogen (secondary N) is 1. The van der Waals surface area contributed by atoms with Crippen LogP contribution in [0.2, 0.25) is 5.28 Å². The van der Waals surface area contributed by atoms with Crippen LogP contribution in [0.5, 0.6) is 0 Å². The van der Waals surface area contributed by atoms with Crippen LogP contribution >= 0.6 is 11.6 Å². The van der Waals surface area contributed by atoms with Crippen LogP contribution in [0.4, 0.5) is 5.82 Å². The van der Waals surface area contributed by atoms with Gasteiger partial charge in [-0.25, -0.2) is 9.97 Å². The molecule has 19 heavy (non-hydrogen) atoms. The van der Waals surface area contributed by atoms with Crippen LogP contribution in [-0.4, -0.2) is 16.0 Å². The van der Waals surface area contributed by atoms with E-state index in [-0.39, 0.29) is 16.1 Å². The lowest BCUT2D eigenvalue weighted by atomic mass is 10.0. The molecule has 3 rings (SSSR count). The Morgan fingerprint density at radius 3 is 2.32 bits per heavy atom. The zero-order chi connectivity index (χ0) is 13.8. The number of benzene rings is 1. The van der Waals surface area contributed by atoms with E-state index < -0.39 is 0 Å². The zero-order valence-electron chi connectivity index (χ0n) is 11.7. The molecular weight excluding hydrogens is 258 g/mol. The lowest BCUT2D eigenvalue weighted by Crippen LogP contribution is -2.12. The van der Waals surface area contributed by atoms with Gasteiger partial charge < -0.3 is 5.32 Å². The van der Waals surface area contributed by atoms with Crippen LogP contribution in [-0.2, 0) is 0 Å². The Labute approximate surface area is 118 Å². The molecule has 1 aliphatic rings. The molecule has 0 radical (unpaired) electrons. The number of para-hydroxylation sites is 1. The van der Waals surface area contributed by atoms with Crippen molar-refractivity contribution in [3.05, 3.63) is 29.5 Å². The molecule has 1 heterocycles. The van der Waals surface area contributed by atoms with E-state index in [9.17, 15) is 0 Å². The van der Waals surface area contributed by atoms with Crippen LogP contribution in [0.15, 0.2) is 24.3 Å². The average molecular weight is 276 g/mol. The molecular formula is C15H18ClN3. The van der Waals surface area contributed by atoms with E-state index >= 15 is 0 Å². The van der Waals surface area contributed by atoms with E-state index in [0.29, 0.717) is 6.04 Å². The molecule has 0 bridgehead atoms. The van der Waals surface area contributed by atoms with E-state index in [1.165, 1.54) is 0 Å². The molecule has 0 atom stereocenters. The van der Waals surface area contributed by atoms with Crippen molar-refractivity contribution in [1.82, 2.24) is 9.97 Å². The van der Waals surface area contributed by atoms with Gasteiger partial charge in [0.25, 0.3) is 0 Å². The first-order valence-electron chi connectivity index (χ1n) is 6.53. The van der Waals surface area contributed by atoms with Gasteiger partial charge in [0, 0.05) is 11.4 Å². The summed E-state index contributed by atoms with van der Waals surface area (Å²) in [5.41, 5.74) is 1.39. The summed E-state index contributed by atoms with van der Waals surface area (Å²) in [6, 6.07) is 8.33. The van der Waals surface area contributed by atoms with E-state index in [2.05, 4.69) is 43.0 Å². The summed E-state index contributed by atoms with van der Waals surface area (Å²) >= 11 is 6.01. The van der Waals surface area contributed by atoms with E-state index in [1.54, 1.807) is 0 Å². The van der Waals surface area contributed by atoms with Gasteiger partial charge in [-0.05, 0) is 34.6 Å². The quantitative estimate of drug-likeness (QED) is 0.838. The molecule has 1 aromatic heterocycles. The molecule has 4 heteroatoms. The molecule has 1 fully saturated rings. The van der Waals surface area contributed by atoms with Crippen LogP contribution < -0.4 is 5.32 Å². The van der Waals surface area contributed by atoms with Crippen LogP contribution in [0.3, 0.4) is 0 Å².